The van der Waals surface area contributed by atoms with Gasteiger partial charge in [-0.3, -0.25) is 4.79 Å². The van der Waals surface area contributed by atoms with Crippen molar-refractivity contribution in [2.24, 2.45) is 11.7 Å². The van der Waals surface area contributed by atoms with E-state index in [1.165, 1.54) is 6.42 Å². The molecule has 0 aromatic heterocycles. The maximum Gasteiger partial charge on any atom is 0.234 e. The molecule has 0 saturated heterocycles. The lowest BCUT2D eigenvalue weighted by molar-refractivity contribution is -0.120. The second kappa shape index (κ2) is 4.94. The van der Waals surface area contributed by atoms with Crippen LogP contribution < -0.4 is 11.1 Å². The number of carbonyl (C=O) groups is 1. The van der Waals surface area contributed by atoms with Crippen molar-refractivity contribution < 1.29 is 9.90 Å². The van der Waals surface area contributed by atoms with Gasteiger partial charge < -0.3 is 16.2 Å². The summed E-state index contributed by atoms with van der Waals surface area (Å²) in [5.41, 5.74) is 4.49. The fraction of sp³-hybridized carbons (Fsp3) is 0.909. The Morgan fingerprint density at radius 2 is 2.40 bits per heavy atom. The van der Waals surface area contributed by atoms with Gasteiger partial charge in [0.1, 0.15) is 0 Å². The molecule has 4 N–H and O–H groups in total. The van der Waals surface area contributed by atoms with Gasteiger partial charge in [-0.25, -0.2) is 0 Å². The number of primary amides is 1. The molecule has 0 aromatic carbocycles. The van der Waals surface area contributed by atoms with Crippen molar-refractivity contribution in [3.63, 3.8) is 0 Å². The summed E-state index contributed by atoms with van der Waals surface area (Å²) in [6.07, 6.45) is 3.87. The second-order valence-corrected chi connectivity index (χ2v) is 4.93. The van der Waals surface area contributed by atoms with Crippen LogP contribution in [0.1, 0.15) is 39.5 Å². The standard InChI is InChI=1S/C11H22N2O2/c1-8-4-3-5-11(15,6-8)7-13-9(2)10(12)14/h8-9,13,15H,3-7H2,1-2H3,(H2,12,14). The number of carbonyl (C=O) groups excluding carboxylic acids is 1. The predicted octanol–water partition coefficient (Wildman–Crippen LogP) is 0.391. The molecule has 1 saturated carbocycles. The zero-order chi connectivity index (χ0) is 11.5. The normalized spacial score (nSPS) is 33.7. The zero-order valence-electron chi connectivity index (χ0n) is 9.62. The molecule has 3 unspecified atom stereocenters. The summed E-state index contributed by atoms with van der Waals surface area (Å²) in [7, 11) is 0. The van der Waals surface area contributed by atoms with E-state index in [1.807, 2.05) is 0 Å². The monoisotopic (exact) mass is 214 g/mol. The van der Waals surface area contributed by atoms with Gasteiger partial charge in [0.05, 0.1) is 11.6 Å². The van der Waals surface area contributed by atoms with Gasteiger partial charge in [-0.2, -0.15) is 0 Å². The number of amides is 1. The van der Waals surface area contributed by atoms with E-state index >= 15 is 0 Å². The van der Waals surface area contributed by atoms with E-state index in [1.54, 1.807) is 6.92 Å². The summed E-state index contributed by atoms with van der Waals surface area (Å²) in [5.74, 6) is 0.192. The molecular weight excluding hydrogens is 192 g/mol. The molecule has 0 bridgehead atoms. The molecule has 1 aliphatic carbocycles. The highest BCUT2D eigenvalue weighted by atomic mass is 16.3. The first-order valence-corrected chi connectivity index (χ1v) is 5.68. The summed E-state index contributed by atoms with van der Waals surface area (Å²) in [4.78, 5) is 10.8. The van der Waals surface area contributed by atoms with Gasteiger partial charge in [0.25, 0.3) is 0 Å². The van der Waals surface area contributed by atoms with Gasteiger partial charge in [-0.05, 0) is 25.7 Å². The number of aliphatic hydroxyl groups is 1. The molecule has 0 aromatic rings. The smallest absolute Gasteiger partial charge is 0.234 e. The molecule has 4 nitrogen and oxygen atoms in total. The highest BCUT2D eigenvalue weighted by Gasteiger charge is 2.32. The number of rotatable bonds is 4. The van der Waals surface area contributed by atoms with E-state index in [0.717, 1.165) is 19.3 Å². The molecule has 1 amide bonds. The Morgan fingerprint density at radius 1 is 1.73 bits per heavy atom. The predicted molar refractivity (Wildman–Crippen MR) is 59.2 cm³/mol. The maximum atomic E-state index is 10.8. The summed E-state index contributed by atoms with van der Waals surface area (Å²) in [6.45, 7) is 4.33. The number of hydrogen-bond acceptors (Lipinski definition) is 3. The third-order valence-corrected chi connectivity index (χ3v) is 3.23. The van der Waals surface area contributed by atoms with Crippen LogP contribution in [0.15, 0.2) is 0 Å². The van der Waals surface area contributed by atoms with Crippen LogP contribution in [0.25, 0.3) is 0 Å². The van der Waals surface area contributed by atoms with Crippen LogP contribution in [0, 0.1) is 5.92 Å². The van der Waals surface area contributed by atoms with Crippen LogP contribution in [-0.4, -0.2) is 29.2 Å². The van der Waals surface area contributed by atoms with Crippen molar-refractivity contribution >= 4 is 5.91 Å². The summed E-state index contributed by atoms with van der Waals surface area (Å²) in [6, 6.07) is -0.369. The fourth-order valence-electron chi connectivity index (χ4n) is 2.24. The quantitative estimate of drug-likeness (QED) is 0.633. The van der Waals surface area contributed by atoms with Gasteiger partial charge in [-0.15, -0.1) is 0 Å². The van der Waals surface area contributed by atoms with Crippen molar-refractivity contribution in [2.45, 2.75) is 51.2 Å². The third kappa shape index (κ3) is 3.80. The molecule has 0 spiro atoms. The van der Waals surface area contributed by atoms with Crippen molar-refractivity contribution in [3.05, 3.63) is 0 Å². The van der Waals surface area contributed by atoms with Crippen molar-refractivity contribution in [1.82, 2.24) is 5.32 Å². The Kier molecular flexibility index (Phi) is 4.11. The average Bonchev–Trinajstić information content (AvgIpc) is 2.13. The lowest BCUT2D eigenvalue weighted by Crippen LogP contribution is -2.49. The molecule has 1 rings (SSSR count). The van der Waals surface area contributed by atoms with Gasteiger partial charge in [0, 0.05) is 6.54 Å². The van der Waals surface area contributed by atoms with Gasteiger partial charge in [0.15, 0.2) is 0 Å². The van der Waals surface area contributed by atoms with Crippen molar-refractivity contribution in [2.75, 3.05) is 6.54 Å². The minimum Gasteiger partial charge on any atom is -0.389 e. The van der Waals surface area contributed by atoms with E-state index < -0.39 is 5.60 Å². The van der Waals surface area contributed by atoms with E-state index in [0.29, 0.717) is 12.5 Å². The molecule has 88 valence electrons. The highest BCUT2D eigenvalue weighted by Crippen LogP contribution is 2.31. The van der Waals surface area contributed by atoms with Crippen LogP contribution in [-0.2, 0) is 4.79 Å². The minimum atomic E-state index is -0.651. The molecular formula is C11H22N2O2. The molecule has 1 aliphatic rings. The lowest BCUT2D eigenvalue weighted by atomic mass is 9.79. The Balaban J connectivity index is 2.39. The molecule has 15 heavy (non-hydrogen) atoms. The third-order valence-electron chi connectivity index (χ3n) is 3.23. The highest BCUT2D eigenvalue weighted by molar-refractivity contribution is 5.79. The molecule has 0 heterocycles. The molecule has 4 heteroatoms. The Morgan fingerprint density at radius 3 is 2.93 bits per heavy atom. The van der Waals surface area contributed by atoms with Crippen LogP contribution in [0.5, 0.6) is 0 Å². The first kappa shape index (κ1) is 12.5. The van der Waals surface area contributed by atoms with E-state index in [2.05, 4.69) is 12.2 Å². The van der Waals surface area contributed by atoms with Crippen LogP contribution in [0.2, 0.25) is 0 Å². The minimum absolute atomic E-state index is 0.369. The van der Waals surface area contributed by atoms with Crippen molar-refractivity contribution in [1.29, 1.82) is 0 Å². The average molecular weight is 214 g/mol. The topological polar surface area (TPSA) is 75.3 Å². The molecule has 0 aliphatic heterocycles. The molecule has 0 radical (unpaired) electrons. The van der Waals surface area contributed by atoms with E-state index in [9.17, 15) is 9.90 Å². The van der Waals surface area contributed by atoms with Crippen LogP contribution >= 0.6 is 0 Å². The van der Waals surface area contributed by atoms with Crippen LogP contribution in [0.4, 0.5) is 0 Å². The SMILES string of the molecule is CC1CCCC(O)(CNC(C)C(N)=O)C1. The first-order chi connectivity index (χ1) is 6.93. The zero-order valence-corrected chi connectivity index (χ0v) is 9.62. The first-order valence-electron chi connectivity index (χ1n) is 5.68. The molecule has 1 fully saturated rings. The molecule has 3 atom stereocenters. The Hall–Kier alpha value is -0.610. The van der Waals surface area contributed by atoms with Crippen molar-refractivity contribution in [3.8, 4) is 0 Å². The fourth-order valence-corrected chi connectivity index (χ4v) is 2.24. The number of hydrogen-bond donors (Lipinski definition) is 3. The summed E-state index contributed by atoms with van der Waals surface area (Å²) >= 11 is 0. The summed E-state index contributed by atoms with van der Waals surface area (Å²) in [5, 5.41) is 13.2. The van der Waals surface area contributed by atoms with E-state index in [-0.39, 0.29) is 11.9 Å². The van der Waals surface area contributed by atoms with E-state index in [4.69, 9.17) is 5.73 Å². The Bertz CT molecular complexity index is 233. The Labute approximate surface area is 91.2 Å². The van der Waals surface area contributed by atoms with Gasteiger partial charge in [-0.1, -0.05) is 19.8 Å². The number of nitrogens with two attached hydrogens (primary N) is 1. The van der Waals surface area contributed by atoms with Gasteiger partial charge >= 0.3 is 0 Å². The largest absolute Gasteiger partial charge is 0.389 e. The van der Waals surface area contributed by atoms with Crippen LogP contribution in [0.3, 0.4) is 0 Å². The second-order valence-electron chi connectivity index (χ2n) is 4.93. The van der Waals surface area contributed by atoms with Gasteiger partial charge in [0.2, 0.25) is 5.91 Å². The lowest BCUT2D eigenvalue weighted by Gasteiger charge is -2.36. The maximum absolute atomic E-state index is 10.8. The number of nitrogens with one attached hydrogen (secondary N) is 1. The summed E-state index contributed by atoms with van der Waals surface area (Å²) < 4.78 is 0.